The summed E-state index contributed by atoms with van der Waals surface area (Å²) < 4.78 is 13.0. The van der Waals surface area contributed by atoms with Gasteiger partial charge < -0.3 is 9.47 Å². The summed E-state index contributed by atoms with van der Waals surface area (Å²) in [6.45, 7) is 3.74. The number of ether oxygens (including phenoxy) is 2. The Morgan fingerprint density at radius 2 is 1.90 bits per heavy atom. The Kier molecular flexibility index (Phi) is 5.34. The first kappa shape index (κ1) is 20.3. The van der Waals surface area contributed by atoms with Crippen molar-refractivity contribution in [2.75, 3.05) is 6.73 Å². The van der Waals surface area contributed by atoms with Crippen LogP contribution in [-0.4, -0.2) is 17.4 Å². The second kappa shape index (κ2) is 8.15. The van der Waals surface area contributed by atoms with Gasteiger partial charge in [0.1, 0.15) is 18.2 Å². The number of fused-ring (bicyclic) bond motifs is 2. The number of rotatable bonds is 3. The molecule has 6 heteroatoms. The summed E-state index contributed by atoms with van der Waals surface area (Å²) in [5.41, 5.74) is 4.38. The third-order valence-electron chi connectivity index (χ3n) is 5.52. The molecular weight excluding hydrogens is 478 g/mol. The van der Waals surface area contributed by atoms with Crippen molar-refractivity contribution < 1.29 is 14.3 Å². The summed E-state index contributed by atoms with van der Waals surface area (Å²) in [6, 6.07) is 17.5. The van der Waals surface area contributed by atoms with E-state index in [0.717, 1.165) is 37.5 Å². The topological polar surface area (TPSA) is 38.8 Å². The van der Waals surface area contributed by atoms with E-state index in [1.165, 1.54) is 0 Å². The Bertz CT molecular complexity index is 1220. The number of nitrogens with zero attached hydrogens (tertiary/aromatic N) is 1. The number of carbonyl (C=O) groups is 1. The first-order valence-corrected chi connectivity index (χ1v) is 11.1. The first-order valence-electron chi connectivity index (χ1n) is 9.94. The Labute approximate surface area is 194 Å². The average molecular weight is 497 g/mol. The number of allylic oxidation sites excluding steroid dienone is 1. The van der Waals surface area contributed by atoms with Crippen molar-refractivity contribution in [3.63, 3.8) is 0 Å². The fourth-order valence-electron chi connectivity index (χ4n) is 3.98. The van der Waals surface area contributed by atoms with Gasteiger partial charge >= 0.3 is 0 Å². The maximum atomic E-state index is 13.0. The van der Waals surface area contributed by atoms with Crippen LogP contribution in [0.1, 0.15) is 32.6 Å². The molecule has 31 heavy (non-hydrogen) atoms. The van der Waals surface area contributed by atoms with Gasteiger partial charge in [-0.05, 0) is 48.4 Å². The highest BCUT2D eigenvalue weighted by molar-refractivity contribution is 9.10. The predicted molar refractivity (Wildman–Crippen MR) is 124 cm³/mol. The fourth-order valence-corrected chi connectivity index (χ4v) is 4.44. The number of hydrogen-bond acceptors (Lipinski definition) is 4. The van der Waals surface area contributed by atoms with E-state index < -0.39 is 0 Å². The van der Waals surface area contributed by atoms with Gasteiger partial charge in [0.25, 0.3) is 0 Å². The van der Waals surface area contributed by atoms with Crippen LogP contribution >= 0.6 is 27.5 Å². The van der Waals surface area contributed by atoms with E-state index in [9.17, 15) is 4.79 Å². The van der Waals surface area contributed by atoms with E-state index in [-0.39, 0.29) is 5.78 Å². The van der Waals surface area contributed by atoms with Gasteiger partial charge in [0.05, 0.1) is 5.56 Å². The van der Waals surface area contributed by atoms with Crippen molar-refractivity contribution in [2.45, 2.75) is 20.0 Å². The van der Waals surface area contributed by atoms with Gasteiger partial charge in [-0.2, -0.15) is 0 Å². The Morgan fingerprint density at radius 1 is 1.13 bits per heavy atom. The molecule has 2 aliphatic heterocycles. The molecule has 0 atom stereocenters. The van der Waals surface area contributed by atoms with E-state index in [4.69, 9.17) is 21.1 Å². The van der Waals surface area contributed by atoms with Crippen molar-refractivity contribution in [1.82, 2.24) is 4.90 Å². The minimum absolute atomic E-state index is 0.105. The lowest BCUT2D eigenvalue weighted by atomic mass is 10.00. The van der Waals surface area contributed by atoms with Crippen LogP contribution in [0.15, 0.2) is 64.8 Å². The number of ketones is 1. The Balaban J connectivity index is 1.43. The molecule has 2 aliphatic rings. The molecule has 0 unspecified atom stereocenters. The van der Waals surface area contributed by atoms with Crippen molar-refractivity contribution in [3.05, 3.63) is 97.7 Å². The quantitative estimate of drug-likeness (QED) is 0.395. The molecule has 0 saturated carbocycles. The van der Waals surface area contributed by atoms with Gasteiger partial charge in [0.2, 0.25) is 5.78 Å². The van der Waals surface area contributed by atoms with Crippen LogP contribution < -0.4 is 9.47 Å². The van der Waals surface area contributed by atoms with Gasteiger partial charge in [0, 0.05) is 33.7 Å². The molecule has 3 aromatic rings. The van der Waals surface area contributed by atoms with Gasteiger partial charge in [-0.15, -0.1) is 0 Å². The summed E-state index contributed by atoms with van der Waals surface area (Å²) in [7, 11) is 0. The molecule has 0 bridgehead atoms. The van der Waals surface area contributed by atoms with Crippen LogP contribution in [-0.2, 0) is 13.1 Å². The summed E-state index contributed by atoms with van der Waals surface area (Å²) in [6.07, 6.45) is 1.78. The van der Waals surface area contributed by atoms with E-state index in [2.05, 4.69) is 20.8 Å². The predicted octanol–water partition coefficient (Wildman–Crippen LogP) is 6.38. The van der Waals surface area contributed by atoms with Crippen molar-refractivity contribution >= 4 is 39.4 Å². The maximum Gasteiger partial charge on any atom is 0.231 e. The molecule has 0 amide bonds. The zero-order valence-corrected chi connectivity index (χ0v) is 19.2. The molecule has 0 aliphatic carbocycles. The molecule has 0 radical (unpaired) electrons. The highest BCUT2D eigenvalue weighted by Crippen LogP contribution is 2.43. The van der Waals surface area contributed by atoms with E-state index in [0.29, 0.717) is 36.9 Å². The van der Waals surface area contributed by atoms with Crippen LogP contribution in [0, 0.1) is 6.92 Å². The molecule has 2 heterocycles. The van der Waals surface area contributed by atoms with Crippen LogP contribution in [0.3, 0.4) is 0 Å². The molecule has 0 spiro atoms. The van der Waals surface area contributed by atoms with Crippen LogP contribution in [0.5, 0.6) is 11.5 Å². The SMILES string of the molecule is Cc1c2c(cc3c1O/C(=C\c1ccc(Br)cc1)C3=O)CN(Cc1ccccc1Cl)CO2. The highest BCUT2D eigenvalue weighted by Gasteiger charge is 2.33. The standard InChI is InChI=1S/C25H19BrClNO3/c1-15-24-18(13-28(14-30-24)12-17-4-2-3-5-21(17)27)11-20-23(29)22(31-25(15)20)10-16-6-8-19(26)9-7-16/h2-11H,12-14H2,1H3/b22-10-. The minimum Gasteiger partial charge on any atom is -0.477 e. The van der Waals surface area contributed by atoms with E-state index in [1.807, 2.05) is 61.5 Å². The van der Waals surface area contributed by atoms with Crippen molar-refractivity contribution in [3.8, 4) is 11.5 Å². The summed E-state index contributed by atoms with van der Waals surface area (Å²) in [5, 5.41) is 0.740. The molecule has 0 aromatic heterocycles. The van der Waals surface area contributed by atoms with Crippen molar-refractivity contribution in [2.24, 2.45) is 0 Å². The first-order chi connectivity index (χ1) is 15.0. The summed E-state index contributed by atoms with van der Waals surface area (Å²) in [4.78, 5) is 15.2. The Morgan fingerprint density at radius 3 is 2.68 bits per heavy atom. The monoisotopic (exact) mass is 495 g/mol. The Hall–Kier alpha value is -2.60. The lowest BCUT2D eigenvalue weighted by Gasteiger charge is -2.30. The lowest BCUT2D eigenvalue weighted by Crippen LogP contribution is -2.32. The van der Waals surface area contributed by atoms with Crippen LogP contribution in [0.4, 0.5) is 0 Å². The summed E-state index contributed by atoms with van der Waals surface area (Å²) >= 11 is 9.74. The third-order valence-corrected chi connectivity index (χ3v) is 6.42. The van der Waals surface area contributed by atoms with E-state index in [1.54, 1.807) is 6.08 Å². The number of benzene rings is 3. The fraction of sp³-hybridized carbons (Fsp3) is 0.160. The molecule has 156 valence electrons. The van der Waals surface area contributed by atoms with Crippen molar-refractivity contribution in [1.29, 1.82) is 0 Å². The molecule has 4 nitrogen and oxygen atoms in total. The summed E-state index contributed by atoms with van der Waals surface area (Å²) in [5.74, 6) is 1.61. The van der Waals surface area contributed by atoms with Gasteiger partial charge in [-0.25, -0.2) is 0 Å². The molecule has 0 N–H and O–H groups in total. The molecule has 0 fully saturated rings. The second-order valence-electron chi connectivity index (χ2n) is 7.71. The zero-order valence-electron chi connectivity index (χ0n) is 16.8. The highest BCUT2D eigenvalue weighted by atomic mass is 79.9. The number of halogens is 2. The number of Topliss-reactive ketones (excluding diaryl/α,β-unsaturated/α-hetero) is 1. The minimum atomic E-state index is -0.105. The molecular formula is C25H19BrClNO3. The van der Waals surface area contributed by atoms with Gasteiger partial charge in [-0.3, -0.25) is 9.69 Å². The molecule has 3 aromatic carbocycles. The zero-order chi connectivity index (χ0) is 21.5. The molecule has 0 saturated heterocycles. The van der Waals surface area contributed by atoms with Crippen LogP contribution in [0.25, 0.3) is 6.08 Å². The third kappa shape index (κ3) is 3.89. The molecule has 5 rings (SSSR count). The number of carbonyl (C=O) groups excluding carboxylic acids is 1. The lowest BCUT2D eigenvalue weighted by molar-refractivity contribution is 0.0877. The van der Waals surface area contributed by atoms with Crippen LogP contribution in [0.2, 0.25) is 5.02 Å². The second-order valence-corrected chi connectivity index (χ2v) is 9.03. The van der Waals surface area contributed by atoms with E-state index >= 15 is 0 Å². The average Bonchev–Trinajstić information content (AvgIpc) is 3.07. The normalized spacial score (nSPS) is 16.6. The smallest absolute Gasteiger partial charge is 0.231 e. The maximum absolute atomic E-state index is 13.0. The van der Waals surface area contributed by atoms with Gasteiger partial charge in [0.15, 0.2) is 5.76 Å². The largest absolute Gasteiger partial charge is 0.477 e. The van der Waals surface area contributed by atoms with Gasteiger partial charge in [-0.1, -0.05) is 57.9 Å². The number of hydrogen-bond donors (Lipinski definition) is 0.